The lowest BCUT2D eigenvalue weighted by Crippen LogP contribution is -2.61. The van der Waals surface area contributed by atoms with E-state index in [2.05, 4.69) is 77.4 Å². The van der Waals surface area contributed by atoms with Gasteiger partial charge in [0.25, 0.3) is 0 Å². The molecule has 0 radical (unpaired) electrons. The van der Waals surface area contributed by atoms with E-state index in [4.69, 9.17) is 0 Å². The van der Waals surface area contributed by atoms with E-state index in [0.29, 0.717) is 18.1 Å². The molecule has 2 aromatic rings. The lowest BCUT2D eigenvalue weighted by molar-refractivity contribution is -0.0478. The average Bonchev–Trinajstić information content (AvgIpc) is 3.10. The summed E-state index contributed by atoms with van der Waals surface area (Å²) in [5.41, 5.74) is 2.90. The van der Waals surface area contributed by atoms with Crippen molar-refractivity contribution in [2.45, 2.75) is 37.9 Å². The van der Waals surface area contributed by atoms with Crippen LogP contribution in [0, 0.1) is 0 Å². The highest BCUT2D eigenvalue weighted by atomic mass is 15.4. The SMILES string of the molecule is C[C@@H](c1ccccc1)N1C[C@H](N2CCCC2)[C@@H]1c1ccccc1. The highest BCUT2D eigenvalue weighted by Gasteiger charge is 2.45. The molecule has 2 heteroatoms. The van der Waals surface area contributed by atoms with Crippen molar-refractivity contribution in [3.8, 4) is 0 Å². The van der Waals surface area contributed by atoms with Gasteiger partial charge in [0, 0.05) is 18.6 Å². The standard InChI is InChI=1S/C21H26N2/c1-17(18-10-4-2-5-11-18)23-16-20(22-14-8-9-15-22)21(23)19-12-6-3-7-13-19/h2-7,10-13,17,20-21H,8-9,14-16H2,1H3/t17-,20-,21-/m0/s1. The van der Waals surface area contributed by atoms with Crippen LogP contribution in [0.25, 0.3) is 0 Å². The van der Waals surface area contributed by atoms with Gasteiger partial charge in [-0.3, -0.25) is 9.80 Å². The molecule has 2 aromatic carbocycles. The Morgan fingerprint density at radius 2 is 1.48 bits per heavy atom. The Morgan fingerprint density at radius 1 is 0.870 bits per heavy atom. The fourth-order valence-corrected chi connectivity index (χ4v) is 4.29. The number of rotatable bonds is 4. The van der Waals surface area contributed by atoms with Crippen LogP contribution in [0.1, 0.15) is 43.0 Å². The zero-order valence-corrected chi connectivity index (χ0v) is 13.9. The largest absolute Gasteiger partial charge is 0.297 e. The molecule has 0 spiro atoms. The van der Waals surface area contributed by atoms with Crippen LogP contribution in [0.4, 0.5) is 0 Å². The number of hydrogen-bond acceptors (Lipinski definition) is 2. The maximum absolute atomic E-state index is 2.71. The van der Waals surface area contributed by atoms with Crippen LogP contribution in [-0.2, 0) is 0 Å². The summed E-state index contributed by atoms with van der Waals surface area (Å²) in [5, 5.41) is 0. The molecule has 2 aliphatic heterocycles. The summed E-state index contributed by atoms with van der Waals surface area (Å²) in [6, 6.07) is 23.7. The first-order valence-corrected chi connectivity index (χ1v) is 8.94. The molecule has 2 aliphatic rings. The van der Waals surface area contributed by atoms with Crippen LogP contribution < -0.4 is 0 Å². The normalized spacial score (nSPS) is 26.8. The smallest absolute Gasteiger partial charge is 0.0522 e. The summed E-state index contributed by atoms with van der Waals surface area (Å²) in [6.45, 7) is 6.10. The Balaban J connectivity index is 1.59. The molecule has 4 rings (SSSR count). The molecule has 2 fully saturated rings. The summed E-state index contributed by atoms with van der Waals surface area (Å²) in [7, 11) is 0. The van der Waals surface area contributed by atoms with Crippen LogP contribution in [0.3, 0.4) is 0 Å². The van der Waals surface area contributed by atoms with Crippen molar-refractivity contribution < 1.29 is 0 Å². The van der Waals surface area contributed by atoms with Crippen LogP contribution in [-0.4, -0.2) is 35.5 Å². The fourth-order valence-electron chi connectivity index (χ4n) is 4.29. The fraction of sp³-hybridized carbons (Fsp3) is 0.429. The molecule has 3 atom stereocenters. The zero-order chi connectivity index (χ0) is 15.6. The summed E-state index contributed by atoms with van der Waals surface area (Å²) < 4.78 is 0. The molecule has 2 saturated heterocycles. The van der Waals surface area contributed by atoms with Crippen LogP contribution in [0.2, 0.25) is 0 Å². The Hall–Kier alpha value is -1.64. The third-order valence-electron chi connectivity index (χ3n) is 5.65. The van der Waals surface area contributed by atoms with Gasteiger partial charge in [0.1, 0.15) is 0 Å². The number of likely N-dealkylation sites (tertiary alicyclic amines) is 2. The van der Waals surface area contributed by atoms with Crippen LogP contribution in [0.15, 0.2) is 60.7 Å². The molecule has 0 amide bonds. The Labute approximate surface area is 139 Å². The summed E-state index contributed by atoms with van der Waals surface area (Å²) in [5.74, 6) is 0. The minimum absolute atomic E-state index is 0.472. The number of hydrogen-bond donors (Lipinski definition) is 0. The molecule has 120 valence electrons. The Morgan fingerprint density at radius 3 is 2.13 bits per heavy atom. The van der Waals surface area contributed by atoms with E-state index in [1.54, 1.807) is 0 Å². The summed E-state index contributed by atoms with van der Waals surface area (Å²) in [6.07, 6.45) is 2.73. The van der Waals surface area contributed by atoms with Gasteiger partial charge in [0.05, 0.1) is 6.04 Å². The van der Waals surface area contributed by atoms with E-state index in [9.17, 15) is 0 Å². The van der Waals surface area contributed by atoms with Crippen LogP contribution >= 0.6 is 0 Å². The highest BCUT2D eigenvalue weighted by molar-refractivity contribution is 5.27. The predicted molar refractivity (Wildman–Crippen MR) is 95.3 cm³/mol. The lowest BCUT2D eigenvalue weighted by atomic mass is 9.85. The maximum Gasteiger partial charge on any atom is 0.0522 e. The van der Waals surface area contributed by atoms with Crippen molar-refractivity contribution in [1.29, 1.82) is 0 Å². The third kappa shape index (κ3) is 2.82. The Kier molecular flexibility index (Phi) is 4.19. The Bertz CT molecular complexity index is 619. The van der Waals surface area contributed by atoms with E-state index in [-0.39, 0.29) is 0 Å². The van der Waals surface area contributed by atoms with Gasteiger partial charge >= 0.3 is 0 Å². The highest BCUT2D eigenvalue weighted by Crippen LogP contribution is 2.43. The second-order valence-corrected chi connectivity index (χ2v) is 6.95. The van der Waals surface area contributed by atoms with E-state index in [0.717, 1.165) is 0 Å². The first-order valence-electron chi connectivity index (χ1n) is 8.94. The van der Waals surface area contributed by atoms with Gasteiger partial charge in [-0.1, -0.05) is 60.7 Å². The summed E-state index contributed by atoms with van der Waals surface area (Å²) in [4.78, 5) is 5.39. The van der Waals surface area contributed by atoms with E-state index in [1.165, 1.54) is 43.6 Å². The number of nitrogens with zero attached hydrogens (tertiary/aromatic N) is 2. The van der Waals surface area contributed by atoms with E-state index in [1.807, 2.05) is 0 Å². The van der Waals surface area contributed by atoms with Gasteiger partial charge in [0.15, 0.2) is 0 Å². The second kappa shape index (κ2) is 6.46. The molecule has 0 saturated carbocycles. The van der Waals surface area contributed by atoms with Crippen molar-refractivity contribution in [3.05, 3.63) is 71.8 Å². The zero-order valence-electron chi connectivity index (χ0n) is 13.9. The monoisotopic (exact) mass is 306 g/mol. The van der Waals surface area contributed by atoms with E-state index < -0.39 is 0 Å². The molecule has 0 unspecified atom stereocenters. The first-order chi connectivity index (χ1) is 11.3. The van der Waals surface area contributed by atoms with Crippen molar-refractivity contribution in [2.24, 2.45) is 0 Å². The molecule has 2 nitrogen and oxygen atoms in total. The van der Waals surface area contributed by atoms with E-state index >= 15 is 0 Å². The van der Waals surface area contributed by atoms with Gasteiger partial charge in [-0.15, -0.1) is 0 Å². The predicted octanol–water partition coefficient (Wildman–Crippen LogP) is 4.27. The molecule has 2 heterocycles. The van der Waals surface area contributed by atoms with Crippen molar-refractivity contribution in [3.63, 3.8) is 0 Å². The lowest BCUT2D eigenvalue weighted by Gasteiger charge is -2.54. The maximum atomic E-state index is 2.71. The quantitative estimate of drug-likeness (QED) is 0.832. The van der Waals surface area contributed by atoms with Gasteiger partial charge in [-0.2, -0.15) is 0 Å². The molecule has 0 aromatic heterocycles. The minimum Gasteiger partial charge on any atom is -0.297 e. The van der Waals surface area contributed by atoms with Gasteiger partial charge in [0.2, 0.25) is 0 Å². The molecule has 23 heavy (non-hydrogen) atoms. The minimum atomic E-state index is 0.472. The molecule has 0 bridgehead atoms. The summed E-state index contributed by atoms with van der Waals surface area (Å²) >= 11 is 0. The van der Waals surface area contributed by atoms with Gasteiger partial charge < -0.3 is 0 Å². The second-order valence-electron chi connectivity index (χ2n) is 6.95. The van der Waals surface area contributed by atoms with Gasteiger partial charge in [-0.25, -0.2) is 0 Å². The topological polar surface area (TPSA) is 6.48 Å². The first kappa shape index (κ1) is 14.9. The van der Waals surface area contributed by atoms with Crippen molar-refractivity contribution in [1.82, 2.24) is 9.80 Å². The molecular formula is C21H26N2. The molecule has 0 N–H and O–H groups in total. The average molecular weight is 306 g/mol. The van der Waals surface area contributed by atoms with Crippen molar-refractivity contribution in [2.75, 3.05) is 19.6 Å². The van der Waals surface area contributed by atoms with Crippen LogP contribution in [0.5, 0.6) is 0 Å². The number of benzene rings is 2. The van der Waals surface area contributed by atoms with Crippen molar-refractivity contribution >= 4 is 0 Å². The van der Waals surface area contributed by atoms with Gasteiger partial charge in [-0.05, 0) is 44.0 Å². The molecular weight excluding hydrogens is 280 g/mol. The molecule has 0 aliphatic carbocycles. The third-order valence-corrected chi connectivity index (χ3v) is 5.65.